The number of amidine groups is 1. The molecule has 1 rings (SSSR count). The van der Waals surface area contributed by atoms with E-state index in [1.54, 1.807) is 30.3 Å². The van der Waals surface area contributed by atoms with Gasteiger partial charge in [-0.1, -0.05) is 6.07 Å². The first-order valence-electron chi connectivity index (χ1n) is 6.08. The van der Waals surface area contributed by atoms with E-state index in [0.29, 0.717) is 24.6 Å². The van der Waals surface area contributed by atoms with Crippen LogP contribution in [0.3, 0.4) is 0 Å². The zero-order chi connectivity index (χ0) is 15.7. The van der Waals surface area contributed by atoms with Gasteiger partial charge in [0.05, 0.1) is 12.2 Å². The number of benzene rings is 1. The van der Waals surface area contributed by atoms with E-state index in [4.69, 9.17) is 21.1 Å². The van der Waals surface area contributed by atoms with Gasteiger partial charge in [0.2, 0.25) is 11.6 Å². The molecule has 21 heavy (non-hydrogen) atoms. The molecule has 0 unspecified atom stereocenters. The van der Waals surface area contributed by atoms with Crippen molar-refractivity contribution in [1.82, 2.24) is 5.32 Å². The number of anilines is 1. The first-order chi connectivity index (χ1) is 10.0. The monoisotopic (exact) mass is 288 g/mol. The molecule has 8 nitrogen and oxygen atoms in total. The number of hydrazone groups is 1. The second-order valence-corrected chi connectivity index (χ2v) is 3.96. The van der Waals surface area contributed by atoms with Crippen molar-refractivity contribution in [1.29, 1.82) is 10.7 Å². The van der Waals surface area contributed by atoms with Crippen LogP contribution in [0.5, 0.6) is 5.75 Å². The van der Waals surface area contributed by atoms with E-state index < -0.39 is 5.84 Å². The lowest BCUT2D eigenvalue weighted by molar-refractivity contribution is -0.119. The maximum atomic E-state index is 10.7. The van der Waals surface area contributed by atoms with Crippen LogP contribution in [0.25, 0.3) is 0 Å². The highest BCUT2D eigenvalue weighted by Crippen LogP contribution is 2.17. The maximum absolute atomic E-state index is 10.7. The zero-order valence-corrected chi connectivity index (χ0v) is 11.5. The first-order valence-corrected chi connectivity index (χ1v) is 6.08. The van der Waals surface area contributed by atoms with E-state index in [1.165, 1.54) is 6.92 Å². The van der Waals surface area contributed by atoms with Gasteiger partial charge in [0.1, 0.15) is 18.4 Å². The summed E-state index contributed by atoms with van der Waals surface area (Å²) in [7, 11) is 0. The highest BCUT2D eigenvalue weighted by molar-refractivity contribution is 6.45. The molecule has 0 spiro atoms. The van der Waals surface area contributed by atoms with E-state index in [2.05, 4.69) is 15.8 Å². The number of rotatable bonds is 7. The van der Waals surface area contributed by atoms with Gasteiger partial charge in [0.25, 0.3) is 0 Å². The van der Waals surface area contributed by atoms with Crippen LogP contribution in [-0.2, 0) is 4.79 Å². The Morgan fingerprint density at radius 1 is 1.57 bits per heavy atom. The Kier molecular flexibility index (Phi) is 6.21. The molecule has 1 aromatic rings. The fourth-order valence-corrected chi connectivity index (χ4v) is 1.32. The molecule has 1 amide bonds. The van der Waals surface area contributed by atoms with Crippen LogP contribution in [0.2, 0.25) is 0 Å². The molecule has 0 aromatic heterocycles. The average molecular weight is 288 g/mol. The van der Waals surface area contributed by atoms with E-state index in [-0.39, 0.29) is 11.6 Å². The molecule has 0 aliphatic heterocycles. The zero-order valence-electron chi connectivity index (χ0n) is 11.5. The van der Waals surface area contributed by atoms with Crippen LogP contribution < -0.4 is 21.2 Å². The Morgan fingerprint density at radius 2 is 2.33 bits per heavy atom. The van der Waals surface area contributed by atoms with Crippen LogP contribution in [0, 0.1) is 16.7 Å². The minimum atomic E-state index is -0.410. The molecule has 0 radical (unpaired) electrons. The fourth-order valence-electron chi connectivity index (χ4n) is 1.32. The predicted octanol–water partition coefficient (Wildman–Crippen LogP) is 0.429. The lowest BCUT2D eigenvalue weighted by Gasteiger charge is -2.08. The van der Waals surface area contributed by atoms with Crippen molar-refractivity contribution in [3.63, 3.8) is 0 Å². The predicted molar refractivity (Wildman–Crippen MR) is 79.2 cm³/mol. The smallest absolute Gasteiger partial charge is 0.216 e. The van der Waals surface area contributed by atoms with Gasteiger partial charge in [-0.15, -0.1) is 0 Å². The number of hydrogen-bond acceptors (Lipinski definition) is 6. The molecule has 8 heteroatoms. The summed E-state index contributed by atoms with van der Waals surface area (Å²) >= 11 is 0. The first kappa shape index (κ1) is 16.0. The van der Waals surface area contributed by atoms with Crippen LogP contribution >= 0.6 is 0 Å². The van der Waals surface area contributed by atoms with Crippen molar-refractivity contribution in [2.24, 2.45) is 10.8 Å². The van der Waals surface area contributed by atoms with E-state index in [9.17, 15) is 4.79 Å². The van der Waals surface area contributed by atoms with Gasteiger partial charge < -0.3 is 15.8 Å². The number of nitriles is 1. The number of carbonyl (C=O) groups is 1. The number of nitrogens with one attached hydrogen (secondary N) is 3. The summed E-state index contributed by atoms with van der Waals surface area (Å²) in [5.74, 6) is 0.0613. The molecule has 0 fully saturated rings. The van der Waals surface area contributed by atoms with Gasteiger partial charge in [-0.25, -0.2) is 0 Å². The Morgan fingerprint density at radius 3 is 2.95 bits per heavy atom. The van der Waals surface area contributed by atoms with Gasteiger partial charge in [-0.3, -0.25) is 15.6 Å². The molecule has 0 aliphatic carbocycles. The van der Waals surface area contributed by atoms with Crippen molar-refractivity contribution in [2.45, 2.75) is 6.92 Å². The summed E-state index contributed by atoms with van der Waals surface area (Å²) < 4.78 is 5.44. The van der Waals surface area contributed by atoms with Crippen molar-refractivity contribution in [3.8, 4) is 11.8 Å². The summed E-state index contributed by atoms with van der Waals surface area (Å²) in [4.78, 5) is 10.7. The molecule has 1 aromatic carbocycles. The minimum absolute atomic E-state index is 0.114. The Bertz CT molecular complexity index is 591. The van der Waals surface area contributed by atoms with Gasteiger partial charge >= 0.3 is 0 Å². The molecule has 110 valence electrons. The summed E-state index contributed by atoms with van der Waals surface area (Å²) in [6.45, 7) is 2.18. The summed E-state index contributed by atoms with van der Waals surface area (Å²) in [6.07, 6.45) is 0. The topological polar surface area (TPSA) is 136 Å². The second kappa shape index (κ2) is 8.16. The Balaban J connectivity index is 2.58. The normalized spacial score (nSPS) is 10.4. The lowest BCUT2D eigenvalue weighted by Crippen LogP contribution is -2.25. The molecule has 0 heterocycles. The van der Waals surface area contributed by atoms with Gasteiger partial charge in [-0.05, 0) is 12.1 Å². The number of hydrogen-bond donors (Lipinski definition) is 4. The van der Waals surface area contributed by atoms with Crippen molar-refractivity contribution in [3.05, 3.63) is 24.3 Å². The van der Waals surface area contributed by atoms with Crippen molar-refractivity contribution < 1.29 is 9.53 Å². The minimum Gasteiger partial charge on any atom is -0.492 e. The fraction of sp³-hybridized carbons (Fsp3) is 0.231. The van der Waals surface area contributed by atoms with E-state index in [0.717, 1.165) is 0 Å². The van der Waals surface area contributed by atoms with Crippen LogP contribution in [-0.4, -0.2) is 30.6 Å². The molecule has 0 aliphatic rings. The third-order valence-corrected chi connectivity index (χ3v) is 2.24. The molecular weight excluding hydrogens is 272 g/mol. The third-order valence-electron chi connectivity index (χ3n) is 2.24. The molecule has 0 saturated carbocycles. The van der Waals surface area contributed by atoms with Gasteiger partial charge in [-0.2, -0.15) is 10.4 Å². The van der Waals surface area contributed by atoms with Crippen LogP contribution in [0.15, 0.2) is 29.4 Å². The molecular formula is C13H16N6O2. The van der Waals surface area contributed by atoms with E-state index in [1.807, 2.05) is 0 Å². The van der Waals surface area contributed by atoms with E-state index >= 15 is 0 Å². The highest BCUT2D eigenvalue weighted by atomic mass is 16.5. The quantitative estimate of drug-likeness (QED) is 0.249. The molecule has 0 saturated heterocycles. The number of nitrogens with zero attached hydrogens (tertiary/aromatic N) is 2. The second-order valence-electron chi connectivity index (χ2n) is 3.96. The number of nitrogens with two attached hydrogens (primary N) is 1. The number of ether oxygens (including phenoxy) is 1. The standard InChI is InChI=1S/C13H16N6O2/c1-9(20)17-5-6-21-11-4-2-3-10(7-11)18-19-12(8-14)13(15)16/h2-4,7,18H,5-6H2,1H3,(H3,15,16)(H,17,20)/b19-12+. The molecule has 0 atom stereocenters. The summed E-state index contributed by atoms with van der Waals surface area (Å²) in [6, 6.07) is 8.59. The Hall–Kier alpha value is -3.08. The van der Waals surface area contributed by atoms with Gasteiger partial charge in [0, 0.05) is 13.0 Å². The molecule has 5 N–H and O–H groups in total. The SMILES string of the molecule is CC(=O)NCCOc1cccc(N/N=C(\C#N)C(=N)N)c1. The van der Waals surface area contributed by atoms with Crippen molar-refractivity contribution in [2.75, 3.05) is 18.6 Å². The van der Waals surface area contributed by atoms with Crippen LogP contribution in [0.1, 0.15) is 6.92 Å². The highest BCUT2D eigenvalue weighted by Gasteiger charge is 2.01. The Labute approximate surface area is 122 Å². The van der Waals surface area contributed by atoms with Crippen molar-refractivity contribution >= 4 is 23.1 Å². The summed E-state index contributed by atoms with van der Waals surface area (Å²) in [5, 5.41) is 22.2. The summed E-state index contributed by atoms with van der Waals surface area (Å²) in [5.41, 5.74) is 8.18. The lowest BCUT2D eigenvalue weighted by atomic mass is 10.3. The molecule has 0 bridgehead atoms. The third kappa shape index (κ3) is 6.07. The largest absolute Gasteiger partial charge is 0.492 e. The average Bonchev–Trinajstić information content (AvgIpc) is 2.44. The van der Waals surface area contributed by atoms with Crippen LogP contribution in [0.4, 0.5) is 5.69 Å². The maximum Gasteiger partial charge on any atom is 0.216 e. The van der Waals surface area contributed by atoms with Gasteiger partial charge in [0.15, 0.2) is 5.84 Å². The number of carbonyl (C=O) groups excluding carboxylic acids is 1. The number of amides is 1.